The van der Waals surface area contributed by atoms with E-state index in [0.29, 0.717) is 19.3 Å². The van der Waals surface area contributed by atoms with Crippen LogP contribution in [0.4, 0.5) is 4.39 Å². The van der Waals surface area contributed by atoms with Crippen molar-refractivity contribution in [1.29, 1.82) is 0 Å². The van der Waals surface area contributed by atoms with E-state index in [1.54, 1.807) is 6.07 Å². The molecule has 158 valence electrons. The number of halogens is 1. The normalized spacial score (nSPS) is 17.8. The highest BCUT2D eigenvalue weighted by atomic mass is 19.1. The van der Waals surface area contributed by atoms with Crippen molar-refractivity contribution in [3.8, 4) is 0 Å². The fourth-order valence-corrected chi connectivity index (χ4v) is 4.03. The van der Waals surface area contributed by atoms with E-state index in [-0.39, 0.29) is 17.8 Å². The lowest BCUT2D eigenvalue weighted by Gasteiger charge is -2.25. The van der Waals surface area contributed by atoms with Crippen LogP contribution in [0.5, 0.6) is 0 Å². The number of carbonyl (C=O) groups is 1. The van der Waals surface area contributed by atoms with Gasteiger partial charge in [-0.1, -0.05) is 30.2 Å². The molecule has 0 aliphatic carbocycles. The Labute approximate surface area is 170 Å². The minimum absolute atomic E-state index is 0.212. The van der Waals surface area contributed by atoms with Gasteiger partial charge in [-0.25, -0.2) is 4.39 Å². The summed E-state index contributed by atoms with van der Waals surface area (Å²) in [5.41, 5.74) is 0.803. The van der Waals surface area contributed by atoms with Gasteiger partial charge < -0.3 is 10.0 Å². The summed E-state index contributed by atoms with van der Waals surface area (Å²) in [6.07, 6.45) is 7.78. The predicted octanol–water partition coefficient (Wildman–Crippen LogP) is 2.82. The second kappa shape index (κ2) is 11.0. The summed E-state index contributed by atoms with van der Waals surface area (Å²) in [5, 5.41) is 24.2. The molecule has 2 unspecified atom stereocenters. The molecule has 2 aromatic rings. The van der Waals surface area contributed by atoms with Crippen molar-refractivity contribution in [2.24, 2.45) is 0 Å². The second-order valence-electron chi connectivity index (χ2n) is 7.84. The van der Waals surface area contributed by atoms with Crippen LogP contribution in [0, 0.1) is 5.82 Å². The number of hydrogen-bond acceptors (Lipinski definition) is 5. The molecule has 3 rings (SSSR count). The predicted molar refractivity (Wildman–Crippen MR) is 106 cm³/mol. The van der Waals surface area contributed by atoms with Crippen LogP contribution < -0.4 is 0 Å². The number of H-pyrrole nitrogens is 1. The number of aliphatic hydroxyl groups is 1. The largest absolute Gasteiger partial charge is 0.393 e. The number of aliphatic hydroxyl groups excluding tert-OH is 1. The number of nitrogens with one attached hydrogen (secondary N) is 1. The molecule has 2 heterocycles. The molecule has 29 heavy (non-hydrogen) atoms. The van der Waals surface area contributed by atoms with E-state index in [4.69, 9.17) is 0 Å². The number of hydrogen-bond donors (Lipinski definition) is 2. The fraction of sp³-hybridized carbons (Fsp3) is 0.619. The topological polar surface area (TPSA) is 95.0 Å². The lowest BCUT2D eigenvalue weighted by Crippen LogP contribution is -2.34. The molecule has 1 saturated heterocycles. The molecule has 0 bridgehead atoms. The van der Waals surface area contributed by atoms with Crippen molar-refractivity contribution in [3.05, 3.63) is 41.5 Å². The lowest BCUT2D eigenvalue weighted by molar-refractivity contribution is -0.129. The molecule has 2 atom stereocenters. The van der Waals surface area contributed by atoms with Gasteiger partial charge in [-0.2, -0.15) is 5.21 Å². The van der Waals surface area contributed by atoms with Gasteiger partial charge in [0.05, 0.1) is 6.10 Å². The van der Waals surface area contributed by atoms with Gasteiger partial charge in [0.25, 0.3) is 0 Å². The van der Waals surface area contributed by atoms with Crippen LogP contribution in [0.3, 0.4) is 0 Å². The SMILES string of the molecule is O=C1CCC(CCC(O)Cc2cccc(F)c2)N1CCCCCCc1nn[nH]n1. The Balaban J connectivity index is 1.33. The Morgan fingerprint density at radius 1 is 1.28 bits per heavy atom. The zero-order valence-corrected chi connectivity index (χ0v) is 16.8. The third kappa shape index (κ3) is 6.88. The van der Waals surface area contributed by atoms with Crippen molar-refractivity contribution in [2.75, 3.05) is 6.54 Å². The quantitative estimate of drug-likeness (QED) is 0.532. The number of nitrogens with zero attached hydrogens (tertiary/aromatic N) is 4. The van der Waals surface area contributed by atoms with Crippen LogP contribution in [0.2, 0.25) is 0 Å². The molecule has 1 aliphatic rings. The highest BCUT2D eigenvalue weighted by Gasteiger charge is 2.30. The van der Waals surface area contributed by atoms with Crippen molar-refractivity contribution in [3.63, 3.8) is 0 Å². The maximum Gasteiger partial charge on any atom is 0.222 e. The van der Waals surface area contributed by atoms with Gasteiger partial charge in [0.15, 0.2) is 5.82 Å². The zero-order chi connectivity index (χ0) is 20.5. The van der Waals surface area contributed by atoms with Crippen LogP contribution in [0.15, 0.2) is 24.3 Å². The maximum absolute atomic E-state index is 13.3. The number of tetrazole rings is 1. The third-order valence-electron chi connectivity index (χ3n) is 5.58. The van der Waals surface area contributed by atoms with E-state index in [0.717, 1.165) is 62.9 Å². The minimum atomic E-state index is -0.514. The van der Waals surface area contributed by atoms with Crippen LogP contribution in [0.25, 0.3) is 0 Å². The molecule has 0 radical (unpaired) electrons. The number of aromatic nitrogens is 4. The summed E-state index contributed by atoms with van der Waals surface area (Å²) in [7, 11) is 0. The van der Waals surface area contributed by atoms with Gasteiger partial charge >= 0.3 is 0 Å². The monoisotopic (exact) mass is 403 g/mol. The van der Waals surface area contributed by atoms with Gasteiger partial charge in [0.1, 0.15) is 5.82 Å². The molecule has 8 heteroatoms. The standard InChI is InChI=1S/C21H30FN5O2/c22-17-7-5-6-16(14-17)15-19(28)11-9-18-10-12-21(29)27(18)13-4-2-1-3-8-20-23-25-26-24-20/h5-7,14,18-19,28H,1-4,8-13,15H2,(H,23,24,25,26). The van der Waals surface area contributed by atoms with Crippen LogP contribution >= 0.6 is 0 Å². The molecule has 7 nitrogen and oxygen atoms in total. The molecule has 1 fully saturated rings. The second-order valence-corrected chi connectivity index (χ2v) is 7.84. The maximum atomic E-state index is 13.3. The van der Waals surface area contributed by atoms with E-state index in [1.807, 2.05) is 11.0 Å². The summed E-state index contributed by atoms with van der Waals surface area (Å²) >= 11 is 0. The van der Waals surface area contributed by atoms with E-state index in [2.05, 4.69) is 20.6 Å². The van der Waals surface area contributed by atoms with Crippen LogP contribution in [0.1, 0.15) is 62.8 Å². The molecule has 0 saturated carbocycles. The number of aromatic amines is 1. The number of likely N-dealkylation sites (tertiary alicyclic amines) is 1. The molecule has 1 aromatic heterocycles. The minimum Gasteiger partial charge on any atom is -0.393 e. The highest BCUT2D eigenvalue weighted by Crippen LogP contribution is 2.24. The first kappa shape index (κ1) is 21.4. The molecular formula is C21H30FN5O2. The lowest BCUT2D eigenvalue weighted by atomic mass is 10.0. The Morgan fingerprint density at radius 2 is 2.14 bits per heavy atom. The van der Waals surface area contributed by atoms with Gasteiger partial charge in [-0.15, -0.1) is 10.2 Å². The average molecular weight is 404 g/mol. The number of amides is 1. The Bertz CT molecular complexity index is 755. The number of unbranched alkanes of at least 4 members (excludes halogenated alkanes) is 3. The smallest absolute Gasteiger partial charge is 0.222 e. The highest BCUT2D eigenvalue weighted by molar-refractivity contribution is 5.78. The number of rotatable bonds is 12. The molecule has 1 amide bonds. The average Bonchev–Trinajstić information content (AvgIpc) is 3.33. The first-order chi connectivity index (χ1) is 14.1. The number of aryl methyl sites for hydroxylation is 1. The van der Waals surface area contributed by atoms with Crippen molar-refractivity contribution in [1.82, 2.24) is 25.5 Å². The van der Waals surface area contributed by atoms with Gasteiger partial charge in [-0.3, -0.25) is 4.79 Å². The number of benzene rings is 1. The molecule has 2 N–H and O–H groups in total. The Hall–Kier alpha value is -2.35. The Kier molecular flexibility index (Phi) is 8.10. The Morgan fingerprint density at radius 3 is 2.93 bits per heavy atom. The van der Waals surface area contributed by atoms with E-state index in [1.165, 1.54) is 12.1 Å². The first-order valence-electron chi connectivity index (χ1n) is 10.6. The number of carbonyl (C=O) groups excluding carboxylic acids is 1. The van der Waals surface area contributed by atoms with Crippen molar-refractivity contribution < 1.29 is 14.3 Å². The summed E-state index contributed by atoms with van der Waals surface area (Å²) in [4.78, 5) is 14.2. The fourth-order valence-electron chi connectivity index (χ4n) is 4.03. The van der Waals surface area contributed by atoms with E-state index in [9.17, 15) is 14.3 Å². The molecule has 1 aliphatic heterocycles. The van der Waals surface area contributed by atoms with Crippen LogP contribution in [-0.2, 0) is 17.6 Å². The van der Waals surface area contributed by atoms with Gasteiger partial charge in [0, 0.05) is 25.4 Å². The van der Waals surface area contributed by atoms with Crippen LogP contribution in [-0.4, -0.2) is 55.2 Å². The molecular weight excluding hydrogens is 373 g/mol. The first-order valence-corrected chi connectivity index (χ1v) is 10.6. The van der Waals surface area contributed by atoms with E-state index < -0.39 is 6.10 Å². The van der Waals surface area contributed by atoms with Gasteiger partial charge in [-0.05, 0) is 56.2 Å². The summed E-state index contributed by atoms with van der Waals surface area (Å²) in [5.74, 6) is 0.692. The zero-order valence-electron chi connectivity index (χ0n) is 16.8. The summed E-state index contributed by atoms with van der Waals surface area (Å²) < 4.78 is 13.3. The summed E-state index contributed by atoms with van der Waals surface area (Å²) in [6, 6.07) is 6.58. The van der Waals surface area contributed by atoms with Crippen molar-refractivity contribution in [2.45, 2.75) is 76.4 Å². The third-order valence-corrected chi connectivity index (χ3v) is 5.58. The van der Waals surface area contributed by atoms with Gasteiger partial charge in [0.2, 0.25) is 5.91 Å². The van der Waals surface area contributed by atoms with E-state index >= 15 is 0 Å². The molecule has 0 spiro atoms. The summed E-state index contributed by atoms with van der Waals surface area (Å²) in [6.45, 7) is 0.783. The van der Waals surface area contributed by atoms with Crippen molar-refractivity contribution >= 4 is 5.91 Å². The molecule has 1 aromatic carbocycles.